The van der Waals surface area contributed by atoms with Crippen molar-refractivity contribution in [3.05, 3.63) is 0 Å². The Hall–Kier alpha value is 2.05. The van der Waals surface area contributed by atoms with E-state index in [0.717, 1.165) is 0 Å². The maximum absolute atomic E-state index is 8.77. The van der Waals surface area contributed by atoms with Crippen LogP contribution in [-0.4, -0.2) is 18.8 Å². The molecule has 0 amide bonds. The van der Waals surface area contributed by atoms with E-state index in [9.17, 15) is 0 Å². The van der Waals surface area contributed by atoms with Gasteiger partial charge in [0.15, 0.2) is 0 Å². The molecule has 12 heavy (non-hydrogen) atoms. The largest absolute Gasteiger partial charge is 4.00 e. The summed E-state index contributed by atoms with van der Waals surface area (Å²) in [6.07, 6.45) is 0. The van der Waals surface area contributed by atoms with E-state index in [4.69, 9.17) is 38.4 Å². The summed E-state index contributed by atoms with van der Waals surface area (Å²) in [6.45, 7) is 0. The summed E-state index contributed by atoms with van der Waals surface area (Å²) in [4.78, 5) is 57.2. The van der Waals surface area contributed by atoms with Crippen LogP contribution in [0.4, 0.5) is 0 Å². The summed E-state index contributed by atoms with van der Waals surface area (Å²) in [5, 5.41) is 0. The van der Waals surface area contributed by atoms with Crippen molar-refractivity contribution in [1.29, 1.82) is 0 Å². The minimum atomic E-state index is -5.61. The molecule has 0 fully saturated rings. The molecule has 0 atom stereocenters. The van der Waals surface area contributed by atoms with Gasteiger partial charge in [-0.15, -0.1) is 0 Å². The van der Waals surface area contributed by atoms with Gasteiger partial charge in [-0.25, -0.2) is 0 Å². The zero-order valence-electron chi connectivity index (χ0n) is 5.79. The quantitative estimate of drug-likeness (QED) is 0.327. The summed E-state index contributed by atoms with van der Waals surface area (Å²) in [7, 11) is -10.5. The molecule has 64 valence electrons. The molecular formula is H2NaO8PSiZr. The Bertz CT molecular complexity index is 111. The third-order valence-electron chi connectivity index (χ3n) is 0. The molecule has 0 saturated heterocycles. The monoisotopic (exact) mass is 302 g/mol. The molecular weight excluding hydrogens is 301 g/mol. The zero-order valence-corrected chi connectivity index (χ0v) is 12.1. The molecule has 0 spiro atoms. The second kappa shape index (κ2) is 9.60. The maximum atomic E-state index is 8.77. The van der Waals surface area contributed by atoms with E-state index < -0.39 is 16.9 Å². The van der Waals surface area contributed by atoms with Gasteiger partial charge in [0.2, 0.25) is 0 Å². The molecule has 12 heteroatoms. The molecule has 2 N–H and O–H groups in total. The topological polar surface area (TPSA) is 173 Å². The molecule has 0 unspecified atom stereocenters. The van der Waals surface area contributed by atoms with E-state index in [1.807, 2.05) is 0 Å². The molecule has 0 saturated carbocycles. The zero-order chi connectivity index (χ0) is 9.00. The second-order valence-corrected chi connectivity index (χ2v) is 2.97. The van der Waals surface area contributed by atoms with E-state index in [-0.39, 0.29) is 55.8 Å². The molecule has 0 aliphatic carbocycles. The number of rotatable bonds is 0. The summed E-state index contributed by atoms with van der Waals surface area (Å²) in [5.74, 6) is 0. The van der Waals surface area contributed by atoms with Gasteiger partial charge in [-0.1, -0.05) is 0 Å². The third-order valence-corrected chi connectivity index (χ3v) is 0. The van der Waals surface area contributed by atoms with Gasteiger partial charge < -0.3 is 42.9 Å². The van der Waals surface area contributed by atoms with Crippen molar-refractivity contribution in [2.45, 2.75) is 0 Å². The SMILES string of the molecule is O=P([O-])(O)O.[Na+].[O-][Si]([O-])([O-])[O-].[Zr+4]. The van der Waals surface area contributed by atoms with Crippen molar-refractivity contribution in [2.75, 3.05) is 0 Å². The van der Waals surface area contributed by atoms with Gasteiger partial charge in [-0.3, -0.25) is 4.57 Å². The average Bonchev–Trinajstić information content (AvgIpc) is 1.12. The first-order valence-electron chi connectivity index (χ1n) is 1.58. The molecule has 0 aromatic carbocycles. The van der Waals surface area contributed by atoms with Crippen LogP contribution in [0.15, 0.2) is 0 Å². The number of hydrogen-bond acceptors (Lipinski definition) is 6. The second-order valence-electron chi connectivity index (χ2n) is 0.991. The van der Waals surface area contributed by atoms with Crippen molar-refractivity contribution < 1.29 is 94.2 Å². The van der Waals surface area contributed by atoms with Crippen molar-refractivity contribution >= 4 is 16.9 Å². The minimum absolute atomic E-state index is 0. The Kier molecular flexibility index (Phi) is 19.0. The van der Waals surface area contributed by atoms with Gasteiger partial charge in [-0.2, -0.15) is 0 Å². The molecule has 0 rings (SSSR count). The first-order chi connectivity index (χ1) is 4.00. The molecule has 0 aromatic heterocycles. The van der Waals surface area contributed by atoms with Crippen LogP contribution in [0, 0.1) is 0 Å². The van der Waals surface area contributed by atoms with Gasteiger partial charge in [0, 0.05) is 0 Å². The van der Waals surface area contributed by atoms with Crippen molar-refractivity contribution in [2.24, 2.45) is 0 Å². The minimum Gasteiger partial charge on any atom is -0.894 e. The normalized spacial score (nSPS) is 9.92. The molecule has 0 heterocycles. The fourth-order valence-electron chi connectivity index (χ4n) is 0. The smallest absolute Gasteiger partial charge is 0.894 e. The van der Waals surface area contributed by atoms with Gasteiger partial charge in [0.05, 0.1) is 0 Å². The Morgan fingerprint density at radius 2 is 1.08 bits per heavy atom. The first-order valence-corrected chi connectivity index (χ1v) is 4.74. The van der Waals surface area contributed by atoms with Crippen LogP contribution in [0.2, 0.25) is 0 Å². The van der Waals surface area contributed by atoms with E-state index in [1.54, 1.807) is 0 Å². The van der Waals surface area contributed by atoms with Crippen LogP contribution < -0.4 is 53.6 Å². The Labute approximate surface area is 110 Å². The first kappa shape index (κ1) is 23.7. The van der Waals surface area contributed by atoms with Crippen LogP contribution in [0.25, 0.3) is 0 Å². The van der Waals surface area contributed by atoms with Gasteiger partial charge in [-0.05, 0) is 0 Å². The van der Waals surface area contributed by atoms with Crippen molar-refractivity contribution in [3.8, 4) is 0 Å². The summed E-state index contributed by atoms with van der Waals surface area (Å²) < 4.78 is 8.77. The van der Waals surface area contributed by atoms with E-state index in [1.165, 1.54) is 0 Å². The fourth-order valence-corrected chi connectivity index (χ4v) is 0. The predicted octanol–water partition coefficient (Wildman–Crippen LogP) is -9.70. The van der Waals surface area contributed by atoms with E-state index >= 15 is 0 Å². The number of phosphoric acid groups is 1. The van der Waals surface area contributed by atoms with Crippen LogP contribution in [-0.2, 0) is 30.8 Å². The maximum Gasteiger partial charge on any atom is 4.00 e. The molecule has 0 aliphatic heterocycles. The fraction of sp³-hybridized carbons (Fsp3) is 0. The van der Waals surface area contributed by atoms with Crippen LogP contribution in [0.1, 0.15) is 0 Å². The molecule has 0 aliphatic rings. The van der Waals surface area contributed by atoms with Crippen LogP contribution >= 0.6 is 7.82 Å². The summed E-state index contributed by atoms with van der Waals surface area (Å²) in [6, 6.07) is 0. The van der Waals surface area contributed by atoms with Crippen molar-refractivity contribution in [3.63, 3.8) is 0 Å². The Morgan fingerprint density at radius 3 is 1.08 bits per heavy atom. The van der Waals surface area contributed by atoms with Gasteiger partial charge in [0.1, 0.15) is 0 Å². The summed E-state index contributed by atoms with van der Waals surface area (Å²) in [5.41, 5.74) is 0. The van der Waals surface area contributed by atoms with E-state index in [2.05, 4.69) is 0 Å². The predicted molar refractivity (Wildman–Crippen MR) is 17.8 cm³/mol. The van der Waals surface area contributed by atoms with E-state index in [0.29, 0.717) is 0 Å². The molecule has 0 radical (unpaired) electrons. The Morgan fingerprint density at radius 1 is 1.08 bits per heavy atom. The average molecular weight is 303 g/mol. The summed E-state index contributed by atoms with van der Waals surface area (Å²) >= 11 is 0. The van der Waals surface area contributed by atoms with Gasteiger partial charge in [0.25, 0.3) is 7.82 Å². The molecule has 8 nitrogen and oxygen atoms in total. The third kappa shape index (κ3) is 350. The molecule has 0 aromatic rings. The Balaban J connectivity index is -0.0000000457. The van der Waals surface area contributed by atoms with Gasteiger partial charge >= 0.3 is 55.8 Å². The molecule has 0 bridgehead atoms. The number of hydrogen-bond donors (Lipinski definition) is 2. The van der Waals surface area contributed by atoms with Crippen LogP contribution in [0.3, 0.4) is 0 Å². The standard InChI is InChI=1S/Na.H3O4P.O4Si.Zr/c;2*1-5(2,3)4;/h;(H3,1,2,3,4);;/q+1;;-4;+4/p-1. The van der Waals surface area contributed by atoms with Crippen LogP contribution in [0.5, 0.6) is 0 Å². The van der Waals surface area contributed by atoms with Crippen molar-refractivity contribution in [1.82, 2.24) is 0 Å².